The number of benzene rings is 3. The van der Waals surface area contributed by atoms with Crippen LogP contribution in [0.2, 0.25) is 0 Å². The number of hydrogen-bond acceptors (Lipinski definition) is 3. The Hall–Kier alpha value is -2.46. The number of rotatable bonds is 4. The SMILES string of the molecule is NC(O)(c1ccccc1)C(N)(c1ccccc1)c1ccccc1. The van der Waals surface area contributed by atoms with Crippen molar-refractivity contribution in [3.8, 4) is 0 Å². The molecule has 0 spiro atoms. The molecule has 0 saturated carbocycles. The first-order valence-corrected chi connectivity index (χ1v) is 7.53. The molecule has 0 heterocycles. The summed E-state index contributed by atoms with van der Waals surface area (Å²) in [5.74, 6) is 0. The molecule has 3 aromatic carbocycles. The molecule has 3 rings (SSSR count). The van der Waals surface area contributed by atoms with E-state index in [4.69, 9.17) is 11.5 Å². The smallest absolute Gasteiger partial charge is 0.166 e. The molecular weight excluding hydrogens is 284 g/mol. The Bertz CT molecular complexity index is 716. The minimum Gasteiger partial charge on any atom is -0.369 e. The highest BCUT2D eigenvalue weighted by Gasteiger charge is 2.48. The van der Waals surface area contributed by atoms with E-state index in [9.17, 15) is 5.11 Å². The zero-order chi connectivity index (χ0) is 16.3. The predicted octanol–water partition coefficient (Wildman–Crippen LogP) is 2.69. The van der Waals surface area contributed by atoms with Crippen LogP contribution in [-0.4, -0.2) is 5.11 Å². The Balaban J connectivity index is 2.25. The van der Waals surface area contributed by atoms with Crippen molar-refractivity contribution in [2.24, 2.45) is 11.5 Å². The summed E-state index contributed by atoms with van der Waals surface area (Å²) in [6.07, 6.45) is 0. The quantitative estimate of drug-likeness (QED) is 0.649. The third-order valence-corrected chi connectivity index (χ3v) is 4.27. The molecule has 0 aliphatic carbocycles. The molecule has 0 aromatic heterocycles. The fourth-order valence-corrected chi connectivity index (χ4v) is 2.93. The molecule has 0 saturated heterocycles. The van der Waals surface area contributed by atoms with E-state index in [1.54, 1.807) is 12.1 Å². The highest BCUT2D eigenvalue weighted by molar-refractivity contribution is 5.44. The van der Waals surface area contributed by atoms with Crippen molar-refractivity contribution in [3.05, 3.63) is 108 Å². The molecule has 3 heteroatoms. The average Bonchev–Trinajstić information content (AvgIpc) is 2.63. The van der Waals surface area contributed by atoms with Crippen LogP contribution in [0.15, 0.2) is 91.0 Å². The van der Waals surface area contributed by atoms with Gasteiger partial charge in [0.1, 0.15) is 5.54 Å². The van der Waals surface area contributed by atoms with E-state index >= 15 is 0 Å². The lowest BCUT2D eigenvalue weighted by Crippen LogP contribution is -2.61. The monoisotopic (exact) mass is 304 g/mol. The topological polar surface area (TPSA) is 72.3 Å². The van der Waals surface area contributed by atoms with Gasteiger partial charge in [-0.1, -0.05) is 91.0 Å². The zero-order valence-electron chi connectivity index (χ0n) is 12.8. The van der Waals surface area contributed by atoms with Crippen molar-refractivity contribution in [3.63, 3.8) is 0 Å². The van der Waals surface area contributed by atoms with Crippen LogP contribution < -0.4 is 11.5 Å². The summed E-state index contributed by atoms with van der Waals surface area (Å²) >= 11 is 0. The van der Waals surface area contributed by atoms with Gasteiger partial charge >= 0.3 is 0 Å². The first-order valence-electron chi connectivity index (χ1n) is 7.53. The second-order valence-electron chi connectivity index (χ2n) is 5.67. The van der Waals surface area contributed by atoms with Crippen LogP contribution in [0.3, 0.4) is 0 Å². The second-order valence-corrected chi connectivity index (χ2v) is 5.67. The largest absolute Gasteiger partial charge is 0.369 e. The molecule has 1 atom stereocenters. The molecule has 0 aliphatic heterocycles. The van der Waals surface area contributed by atoms with Crippen molar-refractivity contribution < 1.29 is 5.11 Å². The fraction of sp³-hybridized carbons (Fsp3) is 0.100. The van der Waals surface area contributed by atoms with Gasteiger partial charge in [0, 0.05) is 5.56 Å². The Labute approximate surface area is 136 Å². The summed E-state index contributed by atoms with van der Waals surface area (Å²) in [6.45, 7) is 0. The lowest BCUT2D eigenvalue weighted by molar-refractivity contribution is -0.0218. The van der Waals surface area contributed by atoms with Crippen molar-refractivity contribution in [2.45, 2.75) is 11.3 Å². The van der Waals surface area contributed by atoms with E-state index in [-0.39, 0.29) is 0 Å². The minimum atomic E-state index is -1.77. The molecule has 0 radical (unpaired) electrons. The maximum absolute atomic E-state index is 11.3. The van der Waals surface area contributed by atoms with E-state index in [2.05, 4.69) is 0 Å². The third kappa shape index (κ3) is 2.55. The maximum Gasteiger partial charge on any atom is 0.166 e. The molecule has 0 aliphatic rings. The number of aliphatic hydroxyl groups is 1. The Morgan fingerprint density at radius 3 is 1.17 bits per heavy atom. The van der Waals surface area contributed by atoms with Crippen molar-refractivity contribution in [1.82, 2.24) is 0 Å². The van der Waals surface area contributed by atoms with E-state index < -0.39 is 11.3 Å². The first kappa shape index (κ1) is 15.4. The van der Waals surface area contributed by atoms with Crippen LogP contribution in [0, 0.1) is 0 Å². The average molecular weight is 304 g/mol. The van der Waals surface area contributed by atoms with E-state index in [1.807, 2.05) is 78.9 Å². The number of hydrogen-bond donors (Lipinski definition) is 3. The Morgan fingerprint density at radius 2 is 0.826 bits per heavy atom. The number of nitrogens with two attached hydrogens (primary N) is 2. The summed E-state index contributed by atoms with van der Waals surface area (Å²) in [6, 6.07) is 28.0. The molecule has 1 unspecified atom stereocenters. The molecule has 23 heavy (non-hydrogen) atoms. The highest BCUT2D eigenvalue weighted by atomic mass is 16.3. The van der Waals surface area contributed by atoms with Crippen LogP contribution in [0.25, 0.3) is 0 Å². The Kier molecular flexibility index (Phi) is 4.01. The van der Waals surface area contributed by atoms with Gasteiger partial charge in [0.05, 0.1) is 0 Å². The van der Waals surface area contributed by atoms with Crippen LogP contribution in [0.4, 0.5) is 0 Å². The van der Waals surface area contributed by atoms with Gasteiger partial charge in [-0.2, -0.15) is 0 Å². The van der Waals surface area contributed by atoms with E-state index in [0.29, 0.717) is 5.56 Å². The van der Waals surface area contributed by atoms with Gasteiger partial charge < -0.3 is 10.8 Å². The molecule has 3 aromatic rings. The molecule has 116 valence electrons. The third-order valence-electron chi connectivity index (χ3n) is 4.27. The summed E-state index contributed by atoms with van der Waals surface area (Å²) in [5, 5.41) is 11.3. The summed E-state index contributed by atoms with van der Waals surface area (Å²) in [7, 11) is 0. The zero-order valence-corrected chi connectivity index (χ0v) is 12.8. The van der Waals surface area contributed by atoms with Crippen molar-refractivity contribution in [1.29, 1.82) is 0 Å². The lowest BCUT2D eigenvalue weighted by Gasteiger charge is -2.43. The summed E-state index contributed by atoms with van der Waals surface area (Å²) in [5.41, 5.74) is 12.2. The van der Waals surface area contributed by atoms with Crippen LogP contribution >= 0.6 is 0 Å². The lowest BCUT2D eigenvalue weighted by atomic mass is 9.73. The molecule has 0 fully saturated rings. The maximum atomic E-state index is 11.3. The van der Waals surface area contributed by atoms with Crippen LogP contribution in [0.5, 0.6) is 0 Å². The van der Waals surface area contributed by atoms with Crippen LogP contribution in [0.1, 0.15) is 16.7 Å². The van der Waals surface area contributed by atoms with Gasteiger partial charge in [-0.25, -0.2) is 0 Å². The van der Waals surface area contributed by atoms with Crippen molar-refractivity contribution in [2.75, 3.05) is 0 Å². The highest BCUT2D eigenvalue weighted by Crippen LogP contribution is 2.40. The van der Waals surface area contributed by atoms with Gasteiger partial charge in [0.25, 0.3) is 0 Å². The molecule has 0 amide bonds. The Morgan fingerprint density at radius 1 is 0.522 bits per heavy atom. The normalized spacial score (nSPS) is 14.2. The molecule has 0 bridgehead atoms. The predicted molar refractivity (Wildman–Crippen MR) is 92.4 cm³/mol. The van der Waals surface area contributed by atoms with E-state index in [0.717, 1.165) is 11.1 Å². The molecular formula is C20H20N2O. The van der Waals surface area contributed by atoms with Gasteiger partial charge in [0.15, 0.2) is 5.72 Å². The van der Waals surface area contributed by atoms with Gasteiger partial charge in [0.2, 0.25) is 0 Å². The van der Waals surface area contributed by atoms with Crippen molar-refractivity contribution >= 4 is 0 Å². The van der Waals surface area contributed by atoms with Gasteiger partial charge in [-0.15, -0.1) is 0 Å². The van der Waals surface area contributed by atoms with Gasteiger partial charge in [-0.05, 0) is 11.1 Å². The summed E-state index contributed by atoms with van der Waals surface area (Å²) < 4.78 is 0. The first-order chi connectivity index (χ1) is 11.1. The summed E-state index contributed by atoms with van der Waals surface area (Å²) in [4.78, 5) is 0. The van der Waals surface area contributed by atoms with Gasteiger partial charge in [-0.3, -0.25) is 5.73 Å². The fourth-order valence-electron chi connectivity index (χ4n) is 2.93. The van der Waals surface area contributed by atoms with E-state index in [1.165, 1.54) is 0 Å². The molecule has 5 N–H and O–H groups in total. The minimum absolute atomic E-state index is 0.565. The van der Waals surface area contributed by atoms with Crippen LogP contribution in [-0.2, 0) is 11.3 Å². The molecule has 3 nitrogen and oxygen atoms in total. The second kappa shape index (κ2) is 5.97. The standard InChI is InChI=1S/C20H20N2O/c21-19(16-10-4-1-5-11-16,17-12-6-2-7-13-17)20(22,23)18-14-8-3-9-15-18/h1-15,23H,21-22H2.